The van der Waals surface area contributed by atoms with Crippen molar-refractivity contribution >= 4 is 5.91 Å². The van der Waals surface area contributed by atoms with E-state index in [-0.39, 0.29) is 11.6 Å². The highest BCUT2D eigenvalue weighted by atomic mass is 16.5. The normalized spacial score (nSPS) is 10.5. The molecule has 0 radical (unpaired) electrons. The van der Waals surface area contributed by atoms with Gasteiger partial charge in [-0.05, 0) is 31.5 Å². The van der Waals surface area contributed by atoms with Crippen LogP contribution >= 0.6 is 0 Å². The van der Waals surface area contributed by atoms with Crippen LogP contribution in [0.3, 0.4) is 0 Å². The van der Waals surface area contributed by atoms with Gasteiger partial charge in [-0.15, -0.1) is 0 Å². The number of benzene rings is 1. The topological polar surface area (TPSA) is 82.8 Å². The maximum Gasteiger partial charge on any atom is 0.273 e. The van der Waals surface area contributed by atoms with E-state index in [0.717, 1.165) is 6.42 Å². The Morgan fingerprint density at radius 1 is 1.25 bits per heavy atom. The van der Waals surface area contributed by atoms with Crippen molar-refractivity contribution in [3.05, 3.63) is 30.0 Å². The molecule has 0 aliphatic heterocycles. The summed E-state index contributed by atoms with van der Waals surface area (Å²) in [5, 5.41) is 6.60. The van der Waals surface area contributed by atoms with Gasteiger partial charge in [0.15, 0.2) is 11.5 Å². The standard InChI is InChI=1S/C17H22N2O5/c1-4-23-9-5-8-18-17(20)14-11-16(24-19-14)13-10-12(21-2)6-7-15(13)22-3/h6-7,10-11H,4-5,8-9H2,1-3H3,(H,18,20). The number of aromatic nitrogens is 1. The van der Waals surface area contributed by atoms with E-state index in [0.29, 0.717) is 42.6 Å². The van der Waals surface area contributed by atoms with E-state index in [1.165, 1.54) is 0 Å². The maximum atomic E-state index is 12.1. The van der Waals surface area contributed by atoms with Crippen molar-refractivity contribution in [2.45, 2.75) is 13.3 Å². The molecule has 0 saturated carbocycles. The number of nitrogens with one attached hydrogen (secondary N) is 1. The molecule has 1 aromatic carbocycles. The largest absolute Gasteiger partial charge is 0.497 e. The Balaban J connectivity index is 2.06. The van der Waals surface area contributed by atoms with Gasteiger partial charge in [-0.2, -0.15) is 0 Å². The van der Waals surface area contributed by atoms with Crippen molar-refractivity contribution in [1.29, 1.82) is 0 Å². The molecule has 1 N–H and O–H groups in total. The SMILES string of the molecule is CCOCCCNC(=O)c1cc(-c2cc(OC)ccc2OC)on1. The van der Waals surface area contributed by atoms with Gasteiger partial charge in [0.05, 0.1) is 19.8 Å². The van der Waals surface area contributed by atoms with Crippen molar-refractivity contribution in [2.24, 2.45) is 0 Å². The number of hydrogen-bond acceptors (Lipinski definition) is 6. The van der Waals surface area contributed by atoms with Crippen LogP contribution in [-0.4, -0.2) is 45.0 Å². The van der Waals surface area contributed by atoms with Gasteiger partial charge in [-0.1, -0.05) is 5.16 Å². The highest BCUT2D eigenvalue weighted by Gasteiger charge is 2.17. The van der Waals surface area contributed by atoms with Crippen LogP contribution in [0.1, 0.15) is 23.8 Å². The first kappa shape index (κ1) is 17.8. The zero-order valence-corrected chi connectivity index (χ0v) is 14.1. The lowest BCUT2D eigenvalue weighted by atomic mass is 10.1. The second-order valence-electron chi connectivity index (χ2n) is 4.95. The van der Waals surface area contributed by atoms with E-state index in [1.54, 1.807) is 38.5 Å². The second-order valence-corrected chi connectivity index (χ2v) is 4.95. The third-order valence-corrected chi connectivity index (χ3v) is 3.37. The summed E-state index contributed by atoms with van der Waals surface area (Å²) in [5.41, 5.74) is 0.881. The quantitative estimate of drug-likeness (QED) is 0.710. The van der Waals surface area contributed by atoms with Crippen LogP contribution in [0.25, 0.3) is 11.3 Å². The van der Waals surface area contributed by atoms with Gasteiger partial charge in [-0.25, -0.2) is 0 Å². The predicted octanol–water partition coefficient (Wildman–Crippen LogP) is 2.52. The molecule has 24 heavy (non-hydrogen) atoms. The number of rotatable bonds is 9. The smallest absolute Gasteiger partial charge is 0.273 e. The van der Waals surface area contributed by atoms with Crippen LogP contribution in [0, 0.1) is 0 Å². The van der Waals surface area contributed by atoms with E-state index in [4.69, 9.17) is 18.7 Å². The summed E-state index contributed by atoms with van der Waals surface area (Å²) in [5.74, 6) is 1.41. The molecule has 0 bridgehead atoms. The molecule has 2 rings (SSSR count). The summed E-state index contributed by atoms with van der Waals surface area (Å²) in [6.45, 7) is 3.73. The minimum atomic E-state index is -0.289. The number of carbonyl (C=O) groups excluding carboxylic acids is 1. The molecule has 0 aliphatic rings. The first-order valence-corrected chi connectivity index (χ1v) is 7.74. The average Bonchev–Trinajstić information content (AvgIpc) is 3.10. The Morgan fingerprint density at radius 3 is 2.79 bits per heavy atom. The highest BCUT2D eigenvalue weighted by Crippen LogP contribution is 2.33. The molecule has 0 saturated heterocycles. The molecule has 7 nitrogen and oxygen atoms in total. The summed E-state index contributed by atoms with van der Waals surface area (Å²) in [6.07, 6.45) is 0.744. The number of methoxy groups -OCH3 is 2. The zero-order chi connectivity index (χ0) is 17.4. The number of amides is 1. The van der Waals surface area contributed by atoms with Gasteiger partial charge in [0.1, 0.15) is 11.5 Å². The molecule has 0 aliphatic carbocycles. The van der Waals surface area contributed by atoms with E-state index in [9.17, 15) is 4.79 Å². The molecule has 7 heteroatoms. The summed E-state index contributed by atoms with van der Waals surface area (Å²) in [6, 6.07) is 6.90. The molecule has 1 aromatic heterocycles. The molecule has 1 heterocycles. The van der Waals surface area contributed by atoms with Crippen molar-refractivity contribution in [3.63, 3.8) is 0 Å². The summed E-state index contributed by atoms with van der Waals surface area (Å²) in [4.78, 5) is 12.1. The van der Waals surface area contributed by atoms with E-state index in [1.807, 2.05) is 6.92 Å². The van der Waals surface area contributed by atoms with Crippen LogP contribution in [0.4, 0.5) is 0 Å². The minimum absolute atomic E-state index is 0.214. The number of hydrogen-bond donors (Lipinski definition) is 1. The van der Waals surface area contributed by atoms with Crippen molar-refractivity contribution in [1.82, 2.24) is 10.5 Å². The van der Waals surface area contributed by atoms with Gasteiger partial charge in [0.2, 0.25) is 0 Å². The fraction of sp³-hybridized carbons (Fsp3) is 0.412. The average molecular weight is 334 g/mol. The molecular weight excluding hydrogens is 312 g/mol. The van der Waals surface area contributed by atoms with E-state index < -0.39 is 0 Å². The van der Waals surface area contributed by atoms with Gasteiger partial charge >= 0.3 is 0 Å². The lowest BCUT2D eigenvalue weighted by Gasteiger charge is -2.07. The van der Waals surface area contributed by atoms with Crippen LogP contribution in [-0.2, 0) is 4.74 Å². The lowest BCUT2D eigenvalue weighted by Crippen LogP contribution is -2.25. The van der Waals surface area contributed by atoms with Crippen LogP contribution < -0.4 is 14.8 Å². The van der Waals surface area contributed by atoms with Crippen LogP contribution in [0.15, 0.2) is 28.8 Å². The molecule has 0 unspecified atom stereocenters. The first-order chi connectivity index (χ1) is 11.7. The molecule has 2 aromatic rings. The molecular formula is C17H22N2O5. The molecule has 0 spiro atoms. The third-order valence-electron chi connectivity index (χ3n) is 3.37. The lowest BCUT2D eigenvalue weighted by molar-refractivity contribution is 0.0935. The molecule has 130 valence electrons. The summed E-state index contributed by atoms with van der Waals surface area (Å²) >= 11 is 0. The summed E-state index contributed by atoms with van der Waals surface area (Å²) < 4.78 is 21.0. The van der Waals surface area contributed by atoms with Gasteiger partial charge < -0.3 is 24.1 Å². The van der Waals surface area contributed by atoms with Crippen molar-refractivity contribution in [2.75, 3.05) is 34.0 Å². The van der Waals surface area contributed by atoms with E-state index in [2.05, 4.69) is 10.5 Å². The zero-order valence-electron chi connectivity index (χ0n) is 14.1. The Hall–Kier alpha value is -2.54. The summed E-state index contributed by atoms with van der Waals surface area (Å²) in [7, 11) is 3.14. The number of carbonyl (C=O) groups is 1. The molecule has 0 atom stereocenters. The van der Waals surface area contributed by atoms with Gasteiger partial charge in [0.25, 0.3) is 5.91 Å². The fourth-order valence-electron chi connectivity index (χ4n) is 2.13. The Bertz CT molecular complexity index is 669. The van der Waals surface area contributed by atoms with Gasteiger partial charge in [0, 0.05) is 25.8 Å². The third kappa shape index (κ3) is 4.48. The minimum Gasteiger partial charge on any atom is -0.497 e. The Labute approximate surface area is 140 Å². The van der Waals surface area contributed by atoms with Crippen LogP contribution in [0.5, 0.6) is 11.5 Å². The van der Waals surface area contributed by atoms with E-state index >= 15 is 0 Å². The molecule has 0 fully saturated rings. The number of nitrogens with zero attached hydrogens (tertiary/aromatic N) is 1. The molecule has 1 amide bonds. The second kappa shape index (κ2) is 8.93. The van der Waals surface area contributed by atoms with Crippen LogP contribution in [0.2, 0.25) is 0 Å². The Morgan fingerprint density at radius 2 is 2.08 bits per heavy atom. The monoisotopic (exact) mass is 334 g/mol. The maximum absolute atomic E-state index is 12.1. The van der Waals surface area contributed by atoms with Crippen molar-refractivity contribution in [3.8, 4) is 22.8 Å². The van der Waals surface area contributed by atoms with Crippen molar-refractivity contribution < 1.29 is 23.5 Å². The highest BCUT2D eigenvalue weighted by molar-refractivity contribution is 5.93. The Kier molecular flexibility index (Phi) is 6.62. The number of ether oxygens (including phenoxy) is 3. The van der Waals surface area contributed by atoms with Gasteiger partial charge in [-0.3, -0.25) is 4.79 Å². The fourth-order valence-corrected chi connectivity index (χ4v) is 2.13. The first-order valence-electron chi connectivity index (χ1n) is 7.74. The predicted molar refractivity (Wildman–Crippen MR) is 88.5 cm³/mol.